The van der Waals surface area contributed by atoms with Crippen molar-refractivity contribution >= 4 is 0 Å². The topological polar surface area (TPSA) is 60.2 Å². The van der Waals surface area contributed by atoms with Crippen molar-refractivity contribution in [1.82, 2.24) is 15.5 Å². The average molecular weight is 211 g/mol. The fraction of sp³-hybridized carbons (Fsp3) is 0.800. The summed E-state index contributed by atoms with van der Waals surface area (Å²) >= 11 is 0. The van der Waals surface area contributed by atoms with Crippen LogP contribution in [0.2, 0.25) is 0 Å². The number of ether oxygens (including phenoxy) is 1. The van der Waals surface area contributed by atoms with Crippen LogP contribution in [0.5, 0.6) is 0 Å². The molecule has 0 aliphatic carbocycles. The van der Waals surface area contributed by atoms with Crippen LogP contribution in [-0.2, 0) is 17.6 Å². The summed E-state index contributed by atoms with van der Waals surface area (Å²) in [6, 6.07) is 0.515. The van der Waals surface area contributed by atoms with Gasteiger partial charge < -0.3 is 14.6 Å². The lowest BCUT2D eigenvalue weighted by atomic mass is 10.1. The van der Waals surface area contributed by atoms with Gasteiger partial charge in [-0.3, -0.25) is 0 Å². The van der Waals surface area contributed by atoms with Crippen molar-refractivity contribution in [3.8, 4) is 0 Å². The predicted molar refractivity (Wildman–Crippen MR) is 54.6 cm³/mol. The third-order valence-electron chi connectivity index (χ3n) is 2.62. The summed E-state index contributed by atoms with van der Waals surface area (Å²) in [6.07, 6.45) is 4.02. The van der Waals surface area contributed by atoms with Gasteiger partial charge in [0.25, 0.3) is 0 Å². The summed E-state index contributed by atoms with van der Waals surface area (Å²) in [7, 11) is 1.67. The first-order chi connectivity index (χ1) is 7.38. The van der Waals surface area contributed by atoms with Crippen molar-refractivity contribution in [2.24, 2.45) is 0 Å². The second kappa shape index (κ2) is 5.23. The van der Waals surface area contributed by atoms with Crippen LogP contribution in [0.1, 0.15) is 24.6 Å². The monoisotopic (exact) mass is 211 g/mol. The molecule has 1 fully saturated rings. The standard InChI is InChI=1S/C10H17N3O2/c1-14-6-4-9-12-10(15-13-9)7-8-3-2-5-11-8/h8,11H,2-7H2,1H3. The molecule has 1 aromatic rings. The van der Waals surface area contributed by atoms with Gasteiger partial charge in [-0.25, -0.2) is 0 Å². The lowest BCUT2D eigenvalue weighted by molar-refractivity contribution is 0.199. The summed E-state index contributed by atoms with van der Waals surface area (Å²) in [5.74, 6) is 1.48. The Balaban J connectivity index is 1.83. The summed E-state index contributed by atoms with van der Waals surface area (Å²) in [5, 5.41) is 7.31. The Labute approximate surface area is 89.2 Å². The van der Waals surface area contributed by atoms with Crippen LogP contribution in [0, 0.1) is 0 Å². The van der Waals surface area contributed by atoms with Crippen LogP contribution < -0.4 is 5.32 Å². The van der Waals surface area contributed by atoms with Gasteiger partial charge in [0.1, 0.15) is 0 Å². The number of hydrogen-bond acceptors (Lipinski definition) is 5. The van der Waals surface area contributed by atoms with Crippen molar-refractivity contribution in [2.75, 3.05) is 20.3 Å². The van der Waals surface area contributed by atoms with Gasteiger partial charge in [-0.05, 0) is 19.4 Å². The van der Waals surface area contributed by atoms with E-state index in [-0.39, 0.29) is 0 Å². The second-order valence-corrected chi connectivity index (χ2v) is 3.84. The van der Waals surface area contributed by atoms with Gasteiger partial charge in [0.05, 0.1) is 6.61 Å². The molecular formula is C10H17N3O2. The first kappa shape index (κ1) is 10.6. The highest BCUT2D eigenvalue weighted by Crippen LogP contribution is 2.10. The largest absolute Gasteiger partial charge is 0.384 e. The minimum atomic E-state index is 0.515. The minimum Gasteiger partial charge on any atom is -0.384 e. The van der Waals surface area contributed by atoms with Crippen molar-refractivity contribution in [3.05, 3.63) is 11.7 Å². The van der Waals surface area contributed by atoms with Crippen molar-refractivity contribution in [1.29, 1.82) is 0 Å². The highest BCUT2D eigenvalue weighted by molar-refractivity contribution is 4.91. The van der Waals surface area contributed by atoms with Gasteiger partial charge in [0.2, 0.25) is 5.89 Å². The Kier molecular flexibility index (Phi) is 3.69. The molecule has 15 heavy (non-hydrogen) atoms. The zero-order valence-electron chi connectivity index (χ0n) is 9.03. The maximum atomic E-state index is 5.17. The number of methoxy groups -OCH3 is 1. The Morgan fingerprint density at radius 2 is 2.53 bits per heavy atom. The molecule has 0 amide bonds. The Bertz CT molecular complexity index is 295. The van der Waals surface area contributed by atoms with Crippen molar-refractivity contribution < 1.29 is 9.26 Å². The average Bonchev–Trinajstić information content (AvgIpc) is 2.87. The molecule has 0 bridgehead atoms. The maximum Gasteiger partial charge on any atom is 0.228 e. The number of nitrogens with zero attached hydrogens (tertiary/aromatic N) is 2. The van der Waals surface area contributed by atoms with E-state index >= 15 is 0 Å². The first-order valence-electron chi connectivity index (χ1n) is 5.42. The van der Waals surface area contributed by atoms with Crippen LogP contribution in [0.4, 0.5) is 0 Å². The zero-order chi connectivity index (χ0) is 10.5. The van der Waals surface area contributed by atoms with E-state index in [1.54, 1.807) is 7.11 Å². The molecule has 0 radical (unpaired) electrons. The van der Waals surface area contributed by atoms with Crippen LogP contribution in [0.25, 0.3) is 0 Å². The molecule has 1 unspecified atom stereocenters. The Hall–Kier alpha value is -0.940. The van der Waals surface area contributed by atoms with E-state index in [9.17, 15) is 0 Å². The molecule has 5 heteroatoms. The number of rotatable bonds is 5. The molecule has 1 saturated heterocycles. The molecule has 1 aliphatic heterocycles. The molecule has 2 heterocycles. The lowest BCUT2D eigenvalue weighted by Crippen LogP contribution is -2.23. The first-order valence-corrected chi connectivity index (χ1v) is 5.42. The summed E-state index contributed by atoms with van der Waals surface area (Å²) in [6.45, 7) is 1.75. The molecule has 0 aromatic carbocycles. The fourth-order valence-electron chi connectivity index (χ4n) is 1.81. The Morgan fingerprint density at radius 3 is 3.27 bits per heavy atom. The van der Waals surface area contributed by atoms with Crippen LogP contribution in [0.3, 0.4) is 0 Å². The van der Waals surface area contributed by atoms with Crippen LogP contribution in [-0.4, -0.2) is 36.4 Å². The minimum absolute atomic E-state index is 0.515. The van der Waals surface area contributed by atoms with E-state index in [0.717, 1.165) is 31.1 Å². The van der Waals surface area contributed by atoms with Gasteiger partial charge in [-0.15, -0.1) is 0 Å². The number of aromatic nitrogens is 2. The highest BCUT2D eigenvalue weighted by Gasteiger charge is 2.17. The molecule has 1 N–H and O–H groups in total. The quantitative estimate of drug-likeness (QED) is 0.770. The van der Waals surface area contributed by atoms with Gasteiger partial charge in [-0.2, -0.15) is 4.98 Å². The molecule has 2 rings (SSSR count). The van der Waals surface area contributed by atoms with Crippen LogP contribution >= 0.6 is 0 Å². The summed E-state index contributed by atoms with van der Waals surface area (Å²) in [5.41, 5.74) is 0. The molecule has 84 valence electrons. The summed E-state index contributed by atoms with van der Waals surface area (Å²) < 4.78 is 10.1. The van der Waals surface area contributed by atoms with Gasteiger partial charge >= 0.3 is 0 Å². The van der Waals surface area contributed by atoms with E-state index < -0.39 is 0 Å². The normalized spacial score (nSPS) is 21.0. The molecular weight excluding hydrogens is 194 g/mol. The summed E-state index contributed by atoms with van der Waals surface area (Å²) in [4.78, 5) is 4.31. The van der Waals surface area contributed by atoms with Gasteiger partial charge in [0, 0.05) is 26.0 Å². The molecule has 5 nitrogen and oxygen atoms in total. The SMILES string of the molecule is COCCc1noc(CC2CCCN2)n1. The van der Waals surface area contributed by atoms with E-state index in [2.05, 4.69) is 15.5 Å². The molecule has 0 spiro atoms. The second-order valence-electron chi connectivity index (χ2n) is 3.84. The third kappa shape index (κ3) is 3.00. The van der Waals surface area contributed by atoms with Crippen LogP contribution in [0.15, 0.2) is 4.52 Å². The predicted octanol–water partition coefficient (Wildman–Crippen LogP) is 0.553. The lowest BCUT2D eigenvalue weighted by Gasteiger charge is -2.04. The van der Waals surface area contributed by atoms with E-state index in [1.807, 2.05) is 0 Å². The van der Waals surface area contributed by atoms with E-state index in [0.29, 0.717) is 12.6 Å². The smallest absolute Gasteiger partial charge is 0.228 e. The van der Waals surface area contributed by atoms with Gasteiger partial charge in [0.15, 0.2) is 5.82 Å². The Morgan fingerprint density at radius 1 is 1.60 bits per heavy atom. The highest BCUT2D eigenvalue weighted by atomic mass is 16.5. The number of nitrogens with one attached hydrogen (secondary N) is 1. The van der Waals surface area contributed by atoms with Crippen molar-refractivity contribution in [3.63, 3.8) is 0 Å². The van der Waals surface area contributed by atoms with Gasteiger partial charge in [-0.1, -0.05) is 5.16 Å². The third-order valence-corrected chi connectivity index (χ3v) is 2.62. The molecule has 1 atom stereocenters. The molecule has 1 aliphatic rings. The van der Waals surface area contributed by atoms with E-state index in [4.69, 9.17) is 9.26 Å². The molecule has 1 aromatic heterocycles. The van der Waals surface area contributed by atoms with Crippen molar-refractivity contribution in [2.45, 2.75) is 31.7 Å². The maximum absolute atomic E-state index is 5.17. The van der Waals surface area contributed by atoms with E-state index in [1.165, 1.54) is 12.8 Å². The fourth-order valence-corrected chi connectivity index (χ4v) is 1.81. The zero-order valence-corrected chi connectivity index (χ0v) is 9.03. The molecule has 0 saturated carbocycles. The number of hydrogen-bond donors (Lipinski definition) is 1.